The molecule has 0 bridgehead atoms. The second kappa shape index (κ2) is 9.74. The highest BCUT2D eigenvalue weighted by atomic mass is 19.2. The number of hydrogen-bond acceptors (Lipinski definition) is 4. The Morgan fingerprint density at radius 3 is 2.15 bits per heavy atom. The molecule has 2 saturated heterocycles. The number of ether oxygens (including phenoxy) is 4. The Kier molecular flexibility index (Phi) is 7.37. The third kappa shape index (κ3) is 5.46. The molecule has 1 aromatic carbocycles. The molecule has 3 rings (SSSR count). The van der Waals surface area contributed by atoms with Crippen LogP contribution in [0.2, 0.25) is 0 Å². The van der Waals surface area contributed by atoms with Crippen molar-refractivity contribution in [2.75, 3.05) is 26.4 Å². The minimum atomic E-state index is -0.888. The van der Waals surface area contributed by atoms with E-state index in [0.717, 1.165) is 38.2 Å². The SMILES string of the molecule is CCCCC1COC(CCC2COC(c3ccc(F)c(F)c3)OC2)OC1. The molecule has 0 aliphatic carbocycles. The lowest BCUT2D eigenvalue weighted by Gasteiger charge is -2.32. The van der Waals surface area contributed by atoms with E-state index < -0.39 is 17.9 Å². The summed E-state index contributed by atoms with van der Waals surface area (Å²) in [6, 6.07) is 3.70. The van der Waals surface area contributed by atoms with Crippen LogP contribution in [-0.4, -0.2) is 32.7 Å². The van der Waals surface area contributed by atoms with Crippen LogP contribution in [0.25, 0.3) is 0 Å². The van der Waals surface area contributed by atoms with Crippen LogP contribution in [0.15, 0.2) is 18.2 Å². The molecular weight excluding hydrogens is 342 g/mol. The van der Waals surface area contributed by atoms with E-state index in [-0.39, 0.29) is 12.2 Å². The highest BCUT2D eigenvalue weighted by Gasteiger charge is 2.27. The summed E-state index contributed by atoms with van der Waals surface area (Å²) in [4.78, 5) is 0. The zero-order valence-corrected chi connectivity index (χ0v) is 15.3. The predicted octanol–water partition coefficient (Wildman–Crippen LogP) is 4.59. The molecule has 0 saturated carbocycles. The fraction of sp³-hybridized carbons (Fsp3) is 0.700. The van der Waals surface area contributed by atoms with Crippen molar-refractivity contribution in [3.63, 3.8) is 0 Å². The first-order valence-electron chi connectivity index (χ1n) is 9.57. The van der Waals surface area contributed by atoms with Crippen molar-refractivity contribution in [1.29, 1.82) is 0 Å². The lowest BCUT2D eigenvalue weighted by Crippen LogP contribution is -2.33. The second-order valence-corrected chi connectivity index (χ2v) is 7.22. The van der Waals surface area contributed by atoms with Gasteiger partial charge >= 0.3 is 0 Å². The minimum absolute atomic E-state index is 0.142. The summed E-state index contributed by atoms with van der Waals surface area (Å²) >= 11 is 0. The zero-order chi connectivity index (χ0) is 18.4. The third-order valence-electron chi connectivity index (χ3n) is 4.99. The molecule has 0 spiro atoms. The first kappa shape index (κ1) is 19.7. The van der Waals surface area contributed by atoms with Crippen molar-refractivity contribution in [1.82, 2.24) is 0 Å². The quantitative estimate of drug-likeness (QED) is 0.704. The monoisotopic (exact) mass is 370 g/mol. The van der Waals surface area contributed by atoms with Gasteiger partial charge in [0, 0.05) is 17.4 Å². The molecule has 4 nitrogen and oxygen atoms in total. The van der Waals surface area contributed by atoms with E-state index in [2.05, 4.69) is 6.92 Å². The Balaban J connectivity index is 1.35. The maximum Gasteiger partial charge on any atom is 0.183 e. The van der Waals surface area contributed by atoms with Gasteiger partial charge in [0.2, 0.25) is 0 Å². The van der Waals surface area contributed by atoms with Crippen molar-refractivity contribution in [2.24, 2.45) is 11.8 Å². The van der Waals surface area contributed by atoms with E-state index in [0.29, 0.717) is 24.7 Å². The maximum atomic E-state index is 13.3. The van der Waals surface area contributed by atoms with Gasteiger partial charge in [-0.2, -0.15) is 0 Å². The largest absolute Gasteiger partial charge is 0.352 e. The van der Waals surface area contributed by atoms with Crippen molar-refractivity contribution in [3.8, 4) is 0 Å². The van der Waals surface area contributed by atoms with E-state index in [1.807, 2.05) is 0 Å². The Hall–Kier alpha value is -1.08. The molecule has 6 heteroatoms. The minimum Gasteiger partial charge on any atom is -0.352 e. The van der Waals surface area contributed by atoms with Crippen LogP contribution in [0.3, 0.4) is 0 Å². The van der Waals surface area contributed by atoms with Gasteiger partial charge in [0.15, 0.2) is 24.2 Å². The molecule has 0 radical (unpaired) electrons. The van der Waals surface area contributed by atoms with Gasteiger partial charge in [-0.15, -0.1) is 0 Å². The summed E-state index contributed by atoms with van der Waals surface area (Å²) in [5.41, 5.74) is 0.499. The summed E-state index contributed by atoms with van der Waals surface area (Å²) in [5.74, 6) is -0.988. The predicted molar refractivity (Wildman–Crippen MR) is 92.4 cm³/mol. The number of benzene rings is 1. The molecule has 2 fully saturated rings. The summed E-state index contributed by atoms with van der Waals surface area (Å²) in [6.45, 7) is 4.80. The molecule has 0 unspecified atom stereocenters. The zero-order valence-electron chi connectivity index (χ0n) is 15.3. The number of rotatable bonds is 7. The van der Waals surface area contributed by atoms with Gasteiger partial charge in [0.05, 0.1) is 26.4 Å². The van der Waals surface area contributed by atoms with E-state index in [4.69, 9.17) is 18.9 Å². The van der Waals surface area contributed by atoms with Crippen LogP contribution in [0, 0.1) is 23.5 Å². The summed E-state index contributed by atoms with van der Waals surface area (Å²) < 4.78 is 49.3. The normalized spacial score (nSPS) is 29.7. The van der Waals surface area contributed by atoms with E-state index in [9.17, 15) is 8.78 Å². The van der Waals surface area contributed by atoms with Gasteiger partial charge in [0.25, 0.3) is 0 Å². The maximum absolute atomic E-state index is 13.3. The van der Waals surface area contributed by atoms with Crippen LogP contribution in [-0.2, 0) is 18.9 Å². The van der Waals surface area contributed by atoms with Gasteiger partial charge in [-0.1, -0.05) is 25.8 Å². The Morgan fingerprint density at radius 1 is 0.846 bits per heavy atom. The molecule has 26 heavy (non-hydrogen) atoms. The van der Waals surface area contributed by atoms with Crippen LogP contribution in [0.1, 0.15) is 50.9 Å². The average Bonchev–Trinajstić information content (AvgIpc) is 2.68. The number of hydrogen-bond donors (Lipinski definition) is 0. The van der Waals surface area contributed by atoms with E-state index in [1.54, 1.807) is 0 Å². The summed E-state index contributed by atoms with van der Waals surface area (Å²) in [7, 11) is 0. The van der Waals surface area contributed by atoms with Crippen LogP contribution in [0.5, 0.6) is 0 Å². The molecule has 2 aliphatic rings. The first-order chi connectivity index (χ1) is 12.7. The van der Waals surface area contributed by atoms with Crippen molar-refractivity contribution < 1.29 is 27.7 Å². The van der Waals surface area contributed by atoms with Gasteiger partial charge < -0.3 is 18.9 Å². The molecule has 0 N–H and O–H groups in total. The molecule has 2 aliphatic heterocycles. The van der Waals surface area contributed by atoms with Crippen LogP contribution < -0.4 is 0 Å². The smallest absolute Gasteiger partial charge is 0.183 e. The van der Waals surface area contributed by atoms with Gasteiger partial charge in [0.1, 0.15) is 0 Å². The van der Waals surface area contributed by atoms with Crippen molar-refractivity contribution >= 4 is 0 Å². The van der Waals surface area contributed by atoms with Gasteiger partial charge in [-0.05, 0) is 31.4 Å². The molecule has 2 heterocycles. The topological polar surface area (TPSA) is 36.9 Å². The fourth-order valence-corrected chi connectivity index (χ4v) is 3.34. The van der Waals surface area contributed by atoms with E-state index >= 15 is 0 Å². The first-order valence-corrected chi connectivity index (χ1v) is 9.57. The standard InChI is InChI=1S/C20H28F2O4/c1-2-3-4-14-10-23-19(24-11-14)8-5-15-12-25-20(26-13-15)16-6-7-17(21)18(22)9-16/h6-7,9,14-15,19-20H,2-5,8,10-13H2,1H3. The highest BCUT2D eigenvalue weighted by molar-refractivity contribution is 5.19. The number of unbranched alkanes of at least 4 members (excludes halogenated alkanes) is 1. The molecule has 1 aromatic rings. The average molecular weight is 370 g/mol. The van der Waals surface area contributed by atoms with Gasteiger partial charge in [-0.25, -0.2) is 8.78 Å². The van der Waals surface area contributed by atoms with Gasteiger partial charge in [-0.3, -0.25) is 0 Å². The summed E-state index contributed by atoms with van der Waals surface area (Å²) in [5, 5.41) is 0. The molecule has 0 aromatic heterocycles. The third-order valence-corrected chi connectivity index (χ3v) is 4.99. The molecular formula is C20H28F2O4. The molecule has 0 amide bonds. The molecule has 146 valence electrons. The Morgan fingerprint density at radius 2 is 1.50 bits per heavy atom. The lowest BCUT2D eigenvalue weighted by molar-refractivity contribution is -0.220. The highest BCUT2D eigenvalue weighted by Crippen LogP contribution is 2.29. The lowest BCUT2D eigenvalue weighted by atomic mass is 10.0. The Bertz CT molecular complexity index is 553. The number of halogens is 2. The van der Waals surface area contributed by atoms with Crippen molar-refractivity contribution in [3.05, 3.63) is 35.4 Å². The van der Waals surface area contributed by atoms with E-state index in [1.165, 1.54) is 25.3 Å². The van der Waals surface area contributed by atoms with Crippen molar-refractivity contribution in [2.45, 2.75) is 51.6 Å². The second-order valence-electron chi connectivity index (χ2n) is 7.22. The fourth-order valence-electron chi connectivity index (χ4n) is 3.34. The van der Waals surface area contributed by atoms with Crippen LogP contribution in [0.4, 0.5) is 8.78 Å². The summed E-state index contributed by atoms with van der Waals surface area (Å²) in [6.07, 6.45) is 4.51. The molecule has 0 atom stereocenters. The Labute approximate surface area is 153 Å². The van der Waals surface area contributed by atoms with Crippen LogP contribution >= 0.6 is 0 Å².